The van der Waals surface area contributed by atoms with Crippen LogP contribution < -0.4 is 5.32 Å². The number of hydrogen-bond acceptors (Lipinski definition) is 5. The lowest BCUT2D eigenvalue weighted by Crippen LogP contribution is -2.41. The Morgan fingerprint density at radius 1 is 1.37 bits per heavy atom. The largest absolute Gasteiger partial charge is 0.357 e. The van der Waals surface area contributed by atoms with Crippen molar-refractivity contribution in [3.8, 4) is 0 Å². The molecule has 0 spiro atoms. The number of anilines is 1. The molecule has 1 saturated heterocycles. The van der Waals surface area contributed by atoms with Gasteiger partial charge in [0, 0.05) is 18.4 Å². The standard InChI is InChI=1S/C13H18N4O2/c1-3-9(4-2)17-12(18)7-10(13(17)19)16-11-8-14-5-6-15-11/h5-6,8-10H,3-4,7H2,1-2H3,(H,15,16). The number of nitrogens with zero attached hydrogens (tertiary/aromatic N) is 3. The Labute approximate surface area is 112 Å². The molecule has 1 atom stereocenters. The second-order valence-corrected chi connectivity index (χ2v) is 4.56. The quantitative estimate of drug-likeness (QED) is 0.807. The van der Waals surface area contributed by atoms with Gasteiger partial charge in [-0.15, -0.1) is 0 Å². The van der Waals surface area contributed by atoms with E-state index in [1.54, 1.807) is 12.4 Å². The average Bonchev–Trinajstić information content (AvgIpc) is 2.69. The van der Waals surface area contributed by atoms with Crippen molar-refractivity contribution in [3.05, 3.63) is 18.6 Å². The summed E-state index contributed by atoms with van der Waals surface area (Å²) in [5.41, 5.74) is 0. The second kappa shape index (κ2) is 5.77. The van der Waals surface area contributed by atoms with E-state index in [1.807, 2.05) is 13.8 Å². The molecule has 0 aliphatic carbocycles. The Morgan fingerprint density at radius 3 is 2.68 bits per heavy atom. The van der Waals surface area contributed by atoms with Gasteiger partial charge in [0.15, 0.2) is 0 Å². The molecule has 1 aromatic rings. The summed E-state index contributed by atoms with van der Waals surface area (Å²) in [6.07, 6.45) is 6.40. The lowest BCUT2D eigenvalue weighted by molar-refractivity contribution is -0.141. The zero-order valence-corrected chi connectivity index (χ0v) is 11.2. The van der Waals surface area contributed by atoms with Crippen LogP contribution in [0.3, 0.4) is 0 Å². The van der Waals surface area contributed by atoms with Gasteiger partial charge in [-0.05, 0) is 12.8 Å². The fraction of sp³-hybridized carbons (Fsp3) is 0.538. The predicted octanol–water partition coefficient (Wildman–Crippen LogP) is 1.20. The van der Waals surface area contributed by atoms with Crippen LogP contribution in [0.15, 0.2) is 18.6 Å². The van der Waals surface area contributed by atoms with Crippen molar-refractivity contribution < 1.29 is 9.59 Å². The van der Waals surface area contributed by atoms with Crippen LogP contribution in [0.2, 0.25) is 0 Å². The Hall–Kier alpha value is -1.98. The van der Waals surface area contributed by atoms with Crippen LogP contribution in [0, 0.1) is 0 Å². The molecule has 6 nitrogen and oxygen atoms in total. The van der Waals surface area contributed by atoms with Crippen LogP contribution in [0.4, 0.5) is 5.82 Å². The number of rotatable bonds is 5. The van der Waals surface area contributed by atoms with E-state index in [2.05, 4.69) is 15.3 Å². The van der Waals surface area contributed by atoms with Gasteiger partial charge in [0.2, 0.25) is 5.91 Å². The van der Waals surface area contributed by atoms with Crippen LogP contribution >= 0.6 is 0 Å². The molecule has 1 N–H and O–H groups in total. The minimum absolute atomic E-state index is 0.00587. The van der Waals surface area contributed by atoms with Crippen molar-refractivity contribution in [2.24, 2.45) is 0 Å². The molecular weight excluding hydrogens is 244 g/mol. The maximum Gasteiger partial charge on any atom is 0.252 e. The molecule has 6 heteroatoms. The fourth-order valence-electron chi connectivity index (χ4n) is 2.35. The van der Waals surface area contributed by atoms with Crippen molar-refractivity contribution in [1.82, 2.24) is 14.9 Å². The summed E-state index contributed by atoms with van der Waals surface area (Å²) in [6.45, 7) is 3.97. The van der Waals surface area contributed by atoms with Gasteiger partial charge in [0.25, 0.3) is 5.91 Å². The number of carbonyl (C=O) groups excluding carboxylic acids is 2. The molecule has 0 radical (unpaired) electrons. The van der Waals surface area contributed by atoms with Gasteiger partial charge in [-0.3, -0.25) is 19.5 Å². The smallest absolute Gasteiger partial charge is 0.252 e. The van der Waals surface area contributed by atoms with Crippen molar-refractivity contribution in [2.45, 2.75) is 45.2 Å². The molecule has 0 bridgehead atoms. The molecular formula is C13H18N4O2. The SMILES string of the molecule is CCC(CC)N1C(=O)CC(Nc2cnccn2)C1=O. The monoisotopic (exact) mass is 262 g/mol. The molecule has 0 saturated carbocycles. The van der Waals surface area contributed by atoms with E-state index in [0.717, 1.165) is 12.8 Å². The van der Waals surface area contributed by atoms with Gasteiger partial charge in [0.1, 0.15) is 11.9 Å². The lowest BCUT2D eigenvalue weighted by Gasteiger charge is -2.24. The molecule has 0 aromatic carbocycles. The Kier molecular flexibility index (Phi) is 4.09. The number of aromatic nitrogens is 2. The number of carbonyl (C=O) groups is 2. The van der Waals surface area contributed by atoms with E-state index in [9.17, 15) is 9.59 Å². The minimum atomic E-state index is -0.523. The van der Waals surface area contributed by atoms with Crippen molar-refractivity contribution in [1.29, 1.82) is 0 Å². The summed E-state index contributed by atoms with van der Waals surface area (Å²) in [7, 11) is 0. The molecule has 1 unspecified atom stereocenters. The Balaban J connectivity index is 2.10. The average molecular weight is 262 g/mol. The normalized spacial score (nSPS) is 19.3. The van der Waals surface area contributed by atoms with Gasteiger partial charge in [-0.1, -0.05) is 13.8 Å². The van der Waals surface area contributed by atoms with Gasteiger partial charge >= 0.3 is 0 Å². The highest BCUT2D eigenvalue weighted by Gasteiger charge is 2.41. The van der Waals surface area contributed by atoms with Gasteiger partial charge in [0.05, 0.1) is 12.6 Å². The zero-order chi connectivity index (χ0) is 13.8. The Bertz CT molecular complexity index is 459. The summed E-state index contributed by atoms with van der Waals surface area (Å²) in [5, 5.41) is 2.97. The van der Waals surface area contributed by atoms with E-state index in [0.29, 0.717) is 5.82 Å². The van der Waals surface area contributed by atoms with E-state index in [4.69, 9.17) is 0 Å². The van der Waals surface area contributed by atoms with Gasteiger partial charge in [-0.2, -0.15) is 0 Å². The van der Waals surface area contributed by atoms with Crippen molar-refractivity contribution in [3.63, 3.8) is 0 Å². The van der Waals surface area contributed by atoms with Crippen LogP contribution in [-0.4, -0.2) is 38.8 Å². The van der Waals surface area contributed by atoms with Crippen molar-refractivity contribution in [2.75, 3.05) is 5.32 Å². The number of hydrogen-bond donors (Lipinski definition) is 1. The first-order chi connectivity index (χ1) is 9.17. The molecule has 1 aromatic heterocycles. The maximum atomic E-state index is 12.3. The van der Waals surface area contributed by atoms with E-state index >= 15 is 0 Å². The molecule has 2 heterocycles. The first-order valence-electron chi connectivity index (χ1n) is 6.55. The number of imide groups is 1. The van der Waals surface area contributed by atoms with Crippen LogP contribution in [0.25, 0.3) is 0 Å². The molecule has 19 heavy (non-hydrogen) atoms. The van der Waals surface area contributed by atoms with E-state index in [-0.39, 0.29) is 24.3 Å². The third-order valence-corrected chi connectivity index (χ3v) is 3.38. The van der Waals surface area contributed by atoms with E-state index in [1.165, 1.54) is 11.1 Å². The lowest BCUT2D eigenvalue weighted by atomic mass is 10.1. The van der Waals surface area contributed by atoms with Gasteiger partial charge < -0.3 is 5.32 Å². The molecule has 2 rings (SSSR count). The highest BCUT2D eigenvalue weighted by atomic mass is 16.2. The first kappa shape index (κ1) is 13.5. The summed E-state index contributed by atoms with van der Waals surface area (Å²) in [4.78, 5) is 33.6. The fourth-order valence-corrected chi connectivity index (χ4v) is 2.35. The third-order valence-electron chi connectivity index (χ3n) is 3.38. The van der Waals surface area contributed by atoms with Crippen LogP contribution in [0.1, 0.15) is 33.1 Å². The summed E-state index contributed by atoms with van der Waals surface area (Å²) in [5.74, 6) is 0.240. The highest BCUT2D eigenvalue weighted by molar-refractivity contribution is 6.07. The predicted molar refractivity (Wildman–Crippen MR) is 70.3 cm³/mol. The van der Waals surface area contributed by atoms with Crippen molar-refractivity contribution >= 4 is 17.6 Å². The number of nitrogens with one attached hydrogen (secondary N) is 1. The van der Waals surface area contributed by atoms with Crippen LogP contribution in [0.5, 0.6) is 0 Å². The first-order valence-corrected chi connectivity index (χ1v) is 6.55. The van der Waals surface area contributed by atoms with E-state index < -0.39 is 6.04 Å². The topological polar surface area (TPSA) is 75.2 Å². The van der Waals surface area contributed by atoms with Gasteiger partial charge in [-0.25, -0.2) is 4.98 Å². The summed E-state index contributed by atoms with van der Waals surface area (Å²) >= 11 is 0. The number of likely N-dealkylation sites (tertiary alicyclic amines) is 1. The highest BCUT2D eigenvalue weighted by Crippen LogP contribution is 2.22. The minimum Gasteiger partial charge on any atom is -0.357 e. The molecule has 1 aliphatic heterocycles. The molecule has 2 amide bonds. The zero-order valence-electron chi connectivity index (χ0n) is 11.2. The Morgan fingerprint density at radius 2 is 2.11 bits per heavy atom. The second-order valence-electron chi connectivity index (χ2n) is 4.56. The number of amides is 2. The molecule has 1 aliphatic rings. The third kappa shape index (κ3) is 2.72. The summed E-state index contributed by atoms with van der Waals surface area (Å²) in [6, 6.07) is -0.529. The van der Waals surface area contributed by atoms with Crippen LogP contribution in [-0.2, 0) is 9.59 Å². The summed E-state index contributed by atoms with van der Waals surface area (Å²) < 4.78 is 0. The molecule has 102 valence electrons. The molecule has 1 fully saturated rings. The maximum absolute atomic E-state index is 12.3.